The quantitative estimate of drug-likeness (QED) is 0.847. The minimum atomic E-state index is -5.88. The van der Waals surface area contributed by atoms with Gasteiger partial charge in [-0.3, -0.25) is 9.48 Å². The monoisotopic (exact) mass is 312 g/mol. The van der Waals surface area contributed by atoms with Crippen LogP contribution in [0.5, 0.6) is 0 Å². The molecule has 118 valence electrons. The maximum Gasteiger partial charge on any atom is 0.463 e. The smallest absolute Gasteiger partial charge is 0.382 e. The molecule has 0 atom stereocenters. The van der Waals surface area contributed by atoms with Crippen molar-refractivity contribution in [2.24, 2.45) is 0 Å². The highest BCUT2D eigenvalue weighted by atomic mass is 19.4. The maximum absolute atomic E-state index is 13.0. The number of alkyl halides is 5. The molecule has 0 saturated carbocycles. The Kier molecular flexibility index (Phi) is 3.81. The van der Waals surface area contributed by atoms with Gasteiger partial charge in [0.1, 0.15) is 5.82 Å². The Morgan fingerprint density at radius 2 is 1.81 bits per heavy atom. The van der Waals surface area contributed by atoms with Crippen molar-refractivity contribution >= 4 is 11.7 Å². The molecule has 5 nitrogen and oxygen atoms in total. The molecular formula is C11H13F5N4O. The van der Waals surface area contributed by atoms with Crippen LogP contribution in [0.2, 0.25) is 0 Å². The van der Waals surface area contributed by atoms with Crippen molar-refractivity contribution < 1.29 is 26.7 Å². The fraction of sp³-hybridized carbons (Fsp3) is 0.636. The van der Waals surface area contributed by atoms with Crippen molar-refractivity contribution in [2.75, 3.05) is 18.8 Å². The molecule has 1 aliphatic rings. The van der Waals surface area contributed by atoms with Gasteiger partial charge < -0.3 is 10.6 Å². The Morgan fingerprint density at radius 3 is 2.24 bits per heavy atom. The Morgan fingerprint density at radius 1 is 1.24 bits per heavy atom. The number of aromatic nitrogens is 2. The van der Waals surface area contributed by atoms with Crippen LogP contribution in [0.25, 0.3) is 0 Å². The van der Waals surface area contributed by atoms with Gasteiger partial charge in [-0.15, -0.1) is 0 Å². The van der Waals surface area contributed by atoms with E-state index >= 15 is 0 Å². The predicted octanol–water partition coefficient (Wildman–Crippen LogP) is 1.83. The van der Waals surface area contributed by atoms with Crippen LogP contribution < -0.4 is 5.73 Å². The third kappa shape index (κ3) is 2.93. The van der Waals surface area contributed by atoms with Crippen LogP contribution in [0.3, 0.4) is 0 Å². The second-order valence-corrected chi connectivity index (χ2v) is 4.82. The van der Waals surface area contributed by atoms with E-state index in [4.69, 9.17) is 5.73 Å². The van der Waals surface area contributed by atoms with Gasteiger partial charge in [0.15, 0.2) is 0 Å². The van der Waals surface area contributed by atoms with E-state index in [0.717, 1.165) is 0 Å². The lowest BCUT2D eigenvalue weighted by Crippen LogP contribution is -2.54. The molecule has 2 rings (SSSR count). The lowest BCUT2D eigenvalue weighted by Gasteiger charge is -2.34. The van der Waals surface area contributed by atoms with Crippen molar-refractivity contribution in [3.8, 4) is 0 Å². The molecule has 1 fully saturated rings. The van der Waals surface area contributed by atoms with E-state index in [0.29, 0.717) is 4.90 Å². The van der Waals surface area contributed by atoms with Crippen molar-refractivity contribution in [3.63, 3.8) is 0 Å². The van der Waals surface area contributed by atoms with E-state index in [2.05, 4.69) is 5.10 Å². The average molecular weight is 312 g/mol. The molecule has 1 amide bonds. The fourth-order valence-corrected chi connectivity index (χ4v) is 2.21. The normalized spacial score (nSPS) is 18.0. The minimum Gasteiger partial charge on any atom is -0.382 e. The van der Waals surface area contributed by atoms with Gasteiger partial charge in [-0.2, -0.15) is 27.1 Å². The molecular weight excluding hydrogens is 299 g/mol. The number of amides is 1. The summed E-state index contributed by atoms with van der Waals surface area (Å²) < 4.78 is 64.0. The number of nitrogens with zero attached hydrogens (tertiary/aromatic N) is 3. The number of halogens is 5. The molecule has 10 heteroatoms. The lowest BCUT2D eigenvalue weighted by molar-refractivity contribution is -0.274. The van der Waals surface area contributed by atoms with Crippen molar-refractivity contribution in [1.29, 1.82) is 0 Å². The van der Waals surface area contributed by atoms with Gasteiger partial charge in [-0.05, 0) is 18.9 Å². The predicted molar refractivity (Wildman–Crippen MR) is 62.5 cm³/mol. The Labute approximate surface area is 116 Å². The topological polar surface area (TPSA) is 64.2 Å². The van der Waals surface area contributed by atoms with Gasteiger partial charge in [0.05, 0.1) is 6.04 Å². The number of likely N-dealkylation sites (tertiary alicyclic amines) is 1. The van der Waals surface area contributed by atoms with Crippen LogP contribution >= 0.6 is 0 Å². The maximum atomic E-state index is 13.0. The number of piperidine rings is 1. The van der Waals surface area contributed by atoms with E-state index in [1.54, 1.807) is 12.3 Å². The van der Waals surface area contributed by atoms with Gasteiger partial charge in [0.25, 0.3) is 0 Å². The standard InChI is InChI=1S/C11H13F5N4O/c12-10(13,11(14,15)16)9(21)19-4-1-7(2-5-19)20-6-3-8(17)18-20/h3,6-7H,1-2,4-5H2,(H2,17,18). The first-order valence-electron chi connectivity index (χ1n) is 6.17. The van der Waals surface area contributed by atoms with Crippen LogP contribution in [0.4, 0.5) is 27.8 Å². The zero-order valence-corrected chi connectivity index (χ0v) is 10.8. The number of hydrogen-bond acceptors (Lipinski definition) is 3. The van der Waals surface area contributed by atoms with E-state index < -0.39 is 18.0 Å². The fourth-order valence-electron chi connectivity index (χ4n) is 2.21. The zero-order valence-electron chi connectivity index (χ0n) is 10.8. The molecule has 0 unspecified atom stereocenters. The van der Waals surface area contributed by atoms with Gasteiger partial charge in [-0.1, -0.05) is 0 Å². The number of carbonyl (C=O) groups is 1. The number of hydrogen-bond donors (Lipinski definition) is 1. The third-order valence-electron chi connectivity index (χ3n) is 3.38. The number of nitrogens with two attached hydrogens (primary N) is 1. The summed E-state index contributed by atoms with van der Waals surface area (Å²) in [7, 11) is 0. The van der Waals surface area contributed by atoms with Gasteiger partial charge in [-0.25, -0.2) is 0 Å². The number of carbonyl (C=O) groups excluding carboxylic acids is 1. The SMILES string of the molecule is Nc1ccn(C2CCN(C(=O)C(F)(F)C(F)(F)F)CC2)n1. The minimum absolute atomic E-state index is 0.175. The molecule has 1 aromatic heterocycles. The van der Waals surface area contributed by atoms with E-state index in [9.17, 15) is 26.7 Å². The van der Waals surface area contributed by atoms with Crippen LogP contribution in [0.1, 0.15) is 18.9 Å². The zero-order chi connectivity index (χ0) is 15.8. The molecule has 0 aliphatic carbocycles. The molecule has 0 spiro atoms. The summed E-state index contributed by atoms with van der Waals surface area (Å²) in [5.74, 6) is -7.26. The van der Waals surface area contributed by atoms with Crippen LogP contribution in [-0.4, -0.2) is 45.8 Å². The number of rotatable bonds is 2. The summed E-state index contributed by atoms with van der Waals surface area (Å²) in [6.45, 7) is -0.371. The summed E-state index contributed by atoms with van der Waals surface area (Å²) in [5.41, 5.74) is 5.45. The molecule has 1 saturated heterocycles. The van der Waals surface area contributed by atoms with Crippen molar-refractivity contribution in [3.05, 3.63) is 12.3 Å². The third-order valence-corrected chi connectivity index (χ3v) is 3.38. The first-order chi connectivity index (χ1) is 9.63. The van der Waals surface area contributed by atoms with Crippen LogP contribution in [0, 0.1) is 0 Å². The average Bonchev–Trinajstić information content (AvgIpc) is 2.83. The van der Waals surface area contributed by atoms with Crippen molar-refractivity contribution in [1.82, 2.24) is 14.7 Å². The van der Waals surface area contributed by atoms with Crippen LogP contribution in [-0.2, 0) is 4.79 Å². The van der Waals surface area contributed by atoms with E-state index in [1.807, 2.05) is 0 Å². The molecule has 0 bridgehead atoms. The molecule has 21 heavy (non-hydrogen) atoms. The van der Waals surface area contributed by atoms with Gasteiger partial charge in [0.2, 0.25) is 0 Å². The summed E-state index contributed by atoms with van der Waals surface area (Å²) in [6.07, 6.45) is -3.80. The highest BCUT2D eigenvalue weighted by molar-refractivity contribution is 5.84. The van der Waals surface area contributed by atoms with E-state index in [-0.39, 0.29) is 37.8 Å². The second kappa shape index (κ2) is 5.15. The Hall–Kier alpha value is -1.87. The second-order valence-electron chi connectivity index (χ2n) is 4.82. The number of nitrogen functional groups attached to an aromatic ring is 1. The lowest BCUT2D eigenvalue weighted by atomic mass is 10.0. The van der Waals surface area contributed by atoms with Crippen molar-refractivity contribution in [2.45, 2.75) is 31.0 Å². The van der Waals surface area contributed by atoms with Gasteiger partial charge >= 0.3 is 18.0 Å². The Bertz CT molecular complexity index is 519. The summed E-state index contributed by atoms with van der Waals surface area (Å²) in [4.78, 5) is 11.9. The molecule has 2 N–H and O–H groups in total. The molecule has 1 aliphatic heterocycles. The molecule has 0 aromatic carbocycles. The highest BCUT2D eigenvalue weighted by Crippen LogP contribution is 2.37. The first-order valence-corrected chi connectivity index (χ1v) is 6.17. The van der Waals surface area contributed by atoms with E-state index in [1.165, 1.54) is 4.68 Å². The van der Waals surface area contributed by atoms with Crippen LogP contribution in [0.15, 0.2) is 12.3 Å². The van der Waals surface area contributed by atoms with Gasteiger partial charge in [0, 0.05) is 19.3 Å². The molecule has 0 radical (unpaired) electrons. The largest absolute Gasteiger partial charge is 0.463 e. The summed E-state index contributed by atoms with van der Waals surface area (Å²) >= 11 is 0. The number of anilines is 1. The highest BCUT2D eigenvalue weighted by Gasteiger charge is 2.64. The molecule has 1 aromatic rings. The first kappa shape index (κ1) is 15.5. The summed E-state index contributed by atoms with van der Waals surface area (Å²) in [5, 5.41) is 3.96. The Balaban J connectivity index is 1.99. The molecule has 2 heterocycles. The summed E-state index contributed by atoms with van der Waals surface area (Å²) in [6, 6.07) is 1.38.